The zero-order valence-corrected chi connectivity index (χ0v) is 18.2. The molecule has 6 heteroatoms. The van der Waals surface area contributed by atoms with E-state index >= 15 is 0 Å². The van der Waals surface area contributed by atoms with E-state index < -0.39 is 0 Å². The van der Waals surface area contributed by atoms with Crippen molar-refractivity contribution >= 4 is 35.6 Å². The predicted octanol–water partition coefficient (Wildman–Crippen LogP) is 4.76. The Labute approximate surface area is 177 Å². The van der Waals surface area contributed by atoms with E-state index in [-0.39, 0.29) is 24.0 Å². The van der Waals surface area contributed by atoms with E-state index in [4.69, 9.17) is 5.73 Å². The van der Waals surface area contributed by atoms with E-state index in [1.54, 1.807) is 4.68 Å². The summed E-state index contributed by atoms with van der Waals surface area (Å²) in [6.07, 6.45) is 3.86. The Bertz CT molecular complexity index is 914. The summed E-state index contributed by atoms with van der Waals surface area (Å²) in [5, 5.41) is 7.39. The number of guanidine groups is 1. The monoisotopic (exact) mass is 475 g/mol. The summed E-state index contributed by atoms with van der Waals surface area (Å²) in [5.74, 6) is 0.891. The highest BCUT2D eigenvalue weighted by atomic mass is 127. The summed E-state index contributed by atoms with van der Waals surface area (Å²) < 4.78 is 1.80. The van der Waals surface area contributed by atoms with Gasteiger partial charge in [0.1, 0.15) is 0 Å². The van der Waals surface area contributed by atoms with Crippen molar-refractivity contribution in [1.29, 1.82) is 0 Å². The summed E-state index contributed by atoms with van der Waals surface area (Å²) >= 11 is 0. The van der Waals surface area contributed by atoms with Gasteiger partial charge in [0.05, 0.1) is 12.7 Å². The van der Waals surface area contributed by atoms with E-state index in [9.17, 15) is 0 Å². The van der Waals surface area contributed by atoms with Crippen LogP contribution in [0.15, 0.2) is 65.9 Å². The van der Waals surface area contributed by atoms with Crippen LogP contribution in [0.5, 0.6) is 0 Å². The van der Waals surface area contributed by atoms with Gasteiger partial charge in [0.15, 0.2) is 5.96 Å². The molecule has 0 saturated heterocycles. The molecular formula is C21H26IN5. The maximum absolute atomic E-state index is 6.06. The number of nitrogens with zero attached hydrogens (tertiary/aromatic N) is 3. The van der Waals surface area contributed by atoms with Gasteiger partial charge in [-0.1, -0.05) is 44.2 Å². The molecule has 27 heavy (non-hydrogen) atoms. The number of rotatable bonds is 5. The molecule has 0 amide bonds. The Morgan fingerprint density at radius 1 is 1.15 bits per heavy atom. The number of nitrogens with one attached hydrogen (secondary N) is 1. The molecule has 0 aliphatic carbocycles. The zero-order chi connectivity index (χ0) is 18.5. The van der Waals surface area contributed by atoms with Gasteiger partial charge >= 0.3 is 0 Å². The molecule has 3 N–H and O–H groups in total. The van der Waals surface area contributed by atoms with E-state index in [1.165, 1.54) is 5.56 Å². The summed E-state index contributed by atoms with van der Waals surface area (Å²) in [6, 6.07) is 16.5. The van der Waals surface area contributed by atoms with E-state index in [1.807, 2.05) is 37.6 Å². The van der Waals surface area contributed by atoms with Crippen LogP contribution >= 0.6 is 24.0 Å². The van der Waals surface area contributed by atoms with Gasteiger partial charge in [0, 0.05) is 24.5 Å². The molecule has 0 aliphatic heterocycles. The first-order valence-corrected chi connectivity index (χ1v) is 8.76. The van der Waals surface area contributed by atoms with Crippen LogP contribution < -0.4 is 11.1 Å². The second kappa shape index (κ2) is 9.55. The maximum Gasteiger partial charge on any atom is 0.193 e. The summed E-state index contributed by atoms with van der Waals surface area (Å²) in [4.78, 5) is 4.47. The molecule has 0 spiro atoms. The van der Waals surface area contributed by atoms with Gasteiger partial charge in [-0.3, -0.25) is 4.68 Å². The number of hydrogen-bond acceptors (Lipinski definition) is 2. The normalized spacial score (nSPS) is 11.3. The van der Waals surface area contributed by atoms with Crippen LogP contribution in [-0.4, -0.2) is 15.7 Å². The molecule has 0 radical (unpaired) electrons. The third-order valence-corrected chi connectivity index (χ3v) is 4.22. The second-order valence-electron chi connectivity index (χ2n) is 6.71. The SMILES string of the molecule is CC(C)c1cccc(NC(N)=NCc2cccc(-c3cnn(C)c3)c2)c1.I. The average molecular weight is 475 g/mol. The number of anilines is 1. The van der Waals surface area contributed by atoms with Gasteiger partial charge < -0.3 is 11.1 Å². The summed E-state index contributed by atoms with van der Waals surface area (Å²) in [7, 11) is 1.91. The average Bonchev–Trinajstić information content (AvgIpc) is 3.07. The summed E-state index contributed by atoms with van der Waals surface area (Å²) in [5.41, 5.74) is 11.6. The molecule has 1 heterocycles. The van der Waals surface area contributed by atoms with E-state index in [2.05, 4.69) is 59.6 Å². The van der Waals surface area contributed by atoms with Crippen molar-refractivity contribution in [3.05, 3.63) is 72.1 Å². The van der Waals surface area contributed by atoms with Gasteiger partial charge in [-0.25, -0.2) is 4.99 Å². The highest BCUT2D eigenvalue weighted by Gasteiger charge is 2.03. The second-order valence-corrected chi connectivity index (χ2v) is 6.71. The van der Waals surface area contributed by atoms with Gasteiger partial charge in [-0.15, -0.1) is 24.0 Å². The maximum atomic E-state index is 6.06. The Morgan fingerprint density at radius 3 is 2.63 bits per heavy atom. The van der Waals surface area contributed by atoms with Crippen LogP contribution in [0.1, 0.15) is 30.9 Å². The minimum absolute atomic E-state index is 0. The van der Waals surface area contributed by atoms with Crippen LogP contribution in [0, 0.1) is 0 Å². The van der Waals surface area contributed by atoms with Crippen molar-refractivity contribution in [3.8, 4) is 11.1 Å². The third kappa shape index (κ3) is 5.82. The van der Waals surface area contributed by atoms with Crippen molar-refractivity contribution in [2.75, 3.05) is 5.32 Å². The Balaban J connectivity index is 0.00000261. The van der Waals surface area contributed by atoms with Crippen molar-refractivity contribution in [1.82, 2.24) is 9.78 Å². The molecule has 0 bridgehead atoms. The topological polar surface area (TPSA) is 68.2 Å². The fourth-order valence-corrected chi connectivity index (χ4v) is 2.76. The molecule has 0 saturated carbocycles. The molecule has 0 unspecified atom stereocenters. The number of aliphatic imine (C=N–C) groups is 1. The first-order valence-electron chi connectivity index (χ1n) is 8.76. The van der Waals surface area contributed by atoms with Gasteiger partial charge in [0.25, 0.3) is 0 Å². The Hall–Kier alpha value is -2.35. The fraction of sp³-hybridized carbons (Fsp3) is 0.238. The lowest BCUT2D eigenvalue weighted by atomic mass is 10.0. The molecule has 0 atom stereocenters. The molecule has 0 aliphatic rings. The third-order valence-electron chi connectivity index (χ3n) is 4.22. The van der Waals surface area contributed by atoms with Crippen molar-refractivity contribution in [2.24, 2.45) is 17.8 Å². The first-order chi connectivity index (χ1) is 12.5. The number of aryl methyl sites for hydroxylation is 1. The minimum Gasteiger partial charge on any atom is -0.370 e. The van der Waals surface area contributed by atoms with Crippen LogP contribution in [0.4, 0.5) is 5.69 Å². The van der Waals surface area contributed by atoms with Crippen LogP contribution in [0.2, 0.25) is 0 Å². The lowest BCUT2D eigenvalue weighted by Gasteiger charge is -2.10. The number of benzene rings is 2. The largest absolute Gasteiger partial charge is 0.370 e. The minimum atomic E-state index is 0. The number of halogens is 1. The van der Waals surface area contributed by atoms with Gasteiger partial charge in [-0.2, -0.15) is 5.10 Å². The van der Waals surface area contributed by atoms with Crippen LogP contribution in [-0.2, 0) is 13.6 Å². The molecule has 3 aromatic rings. The highest BCUT2D eigenvalue weighted by Crippen LogP contribution is 2.20. The highest BCUT2D eigenvalue weighted by molar-refractivity contribution is 14.0. The fourth-order valence-electron chi connectivity index (χ4n) is 2.76. The van der Waals surface area contributed by atoms with Crippen LogP contribution in [0.3, 0.4) is 0 Å². The molecular weight excluding hydrogens is 449 g/mol. The molecule has 3 rings (SSSR count). The quantitative estimate of drug-likeness (QED) is 0.318. The first kappa shape index (κ1) is 21.0. The smallest absolute Gasteiger partial charge is 0.193 e. The molecule has 2 aromatic carbocycles. The van der Waals surface area contributed by atoms with Gasteiger partial charge in [-0.05, 0) is 40.8 Å². The lowest BCUT2D eigenvalue weighted by molar-refractivity contribution is 0.768. The lowest BCUT2D eigenvalue weighted by Crippen LogP contribution is -2.22. The number of nitrogens with two attached hydrogens (primary N) is 1. The molecule has 0 fully saturated rings. The van der Waals surface area contributed by atoms with Gasteiger partial charge in [0.2, 0.25) is 0 Å². The number of aromatic nitrogens is 2. The Morgan fingerprint density at radius 2 is 1.93 bits per heavy atom. The van der Waals surface area contributed by atoms with Crippen molar-refractivity contribution in [2.45, 2.75) is 26.3 Å². The van der Waals surface area contributed by atoms with Crippen molar-refractivity contribution in [3.63, 3.8) is 0 Å². The molecule has 5 nitrogen and oxygen atoms in total. The zero-order valence-electron chi connectivity index (χ0n) is 15.9. The van der Waals surface area contributed by atoms with Crippen LogP contribution in [0.25, 0.3) is 11.1 Å². The van der Waals surface area contributed by atoms with E-state index in [0.717, 1.165) is 22.4 Å². The predicted molar refractivity (Wildman–Crippen MR) is 124 cm³/mol. The Kier molecular flexibility index (Phi) is 7.41. The molecule has 1 aromatic heterocycles. The molecule has 142 valence electrons. The number of hydrogen-bond donors (Lipinski definition) is 2. The summed E-state index contributed by atoms with van der Waals surface area (Å²) in [6.45, 7) is 4.87. The van der Waals surface area contributed by atoms with Crippen molar-refractivity contribution < 1.29 is 0 Å². The standard InChI is InChI=1S/C21H25N5.HI/c1-15(2)17-7-5-9-20(11-17)25-21(22)23-12-16-6-4-8-18(10-16)19-13-24-26(3)14-19;/h4-11,13-15H,12H2,1-3H3,(H3,22,23,25);1H. The van der Waals surface area contributed by atoms with E-state index in [0.29, 0.717) is 18.4 Å².